The molecule has 11 heteroatoms. The van der Waals surface area contributed by atoms with E-state index in [1.165, 1.54) is 13.0 Å². The van der Waals surface area contributed by atoms with E-state index < -0.39 is 52.3 Å². The van der Waals surface area contributed by atoms with Gasteiger partial charge in [-0.15, -0.1) is 0 Å². The van der Waals surface area contributed by atoms with Gasteiger partial charge in [0.2, 0.25) is 0 Å². The molecule has 1 atom stereocenters. The van der Waals surface area contributed by atoms with E-state index in [4.69, 9.17) is 14.2 Å². The summed E-state index contributed by atoms with van der Waals surface area (Å²) in [6, 6.07) is 3.29. The SMILES string of the molecule is CC(C)(C)OC(=O)NN(C(=O)OC(C)(C)C)[C@@]1(C)C(=O)N(C(=O)OC(C)(C)C)c2ccc(F)cc21. The van der Waals surface area contributed by atoms with Crippen LogP contribution < -0.4 is 10.3 Å². The van der Waals surface area contributed by atoms with Gasteiger partial charge in [0.05, 0.1) is 5.69 Å². The number of carbonyl (C=O) groups excluding carboxylic acids is 4. The zero-order valence-corrected chi connectivity index (χ0v) is 21.9. The second-order valence-corrected chi connectivity index (χ2v) is 11.3. The maximum Gasteiger partial charge on any atom is 0.430 e. The molecule has 0 unspecified atom stereocenters. The van der Waals surface area contributed by atoms with Crippen molar-refractivity contribution >= 4 is 29.9 Å². The average molecular weight is 496 g/mol. The number of amides is 4. The van der Waals surface area contributed by atoms with Crippen LogP contribution in [0.2, 0.25) is 0 Å². The average Bonchev–Trinajstić information content (AvgIpc) is 2.83. The van der Waals surface area contributed by atoms with Crippen molar-refractivity contribution in [3.05, 3.63) is 29.6 Å². The fourth-order valence-corrected chi connectivity index (χ4v) is 3.28. The van der Waals surface area contributed by atoms with Crippen molar-refractivity contribution < 1.29 is 37.8 Å². The summed E-state index contributed by atoms with van der Waals surface area (Å²) in [6.45, 7) is 15.7. The molecule has 10 nitrogen and oxygen atoms in total. The summed E-state index contributed by atoms with van der Waals surface area (Å²) in [7, 11) is 0. The highest BCUT2D eigenvalue weighted by Crippen LogP contribution is 2.45. The fourth-order valence-electron chi connectivity index (χ4n) is 3.28. The van der Waals surface area contributed by atoms with Crippen molar-refractivity contribution in [3.8, 4) is 0 Å². The molecule has 1 N–H and O–H groups in total. The Morgan fingerprint density at radius 2 is 1.43 bits per heavy atom. The topological polar surface area (TPSA) is 114 Å². The van der Waals surface area contributed by atoms with Gasteiger partial charge in [-0.25, -0.2) is 29.1 Å². The Labute approximate surface area is 204 Å². The summed E-state index contributed by atoms with van der Waals surface area (Å²) in [5.41, 5.74) is -2.80. The van der Waals surface area contributed by atoms with E-state index >= 15 is 0 Å². The number of hydrazine groups is 1. The lowest BCUT2D eigenvalue weighted by atomic mass is 9.93. The molecule has 0 saturated carbocycles. The minimum absolute atomic E-state index is 0.00676. The summed E-state index contributed by atoms with van der Waals surface area (Å²) in [6.07, 6.45) is -3.22. The molecule has 0 bridgehead atoms. The molecule has 1 heterocycles. The van der Waals surface area contributed by atoms with E-state index in [0.717, 1.165) is 12.1 Å². The zero-order valence-electron chi connectivity index (χ0n) is 21.9. The molecule has 0 radical (unpaired) electrons. The zero-order chi connectivity index (χ0) is 27.1. The minimum atomic E-state index is -2.09. The van der Waals surface area contributed by atoms with E-state index in [2.05, 4.69) is 5.43 Å². The number of imide groups is 1. The molecule has 0 aromatic heterocycles. The Hall–Kier alpha value is -3.37. The number of fused-ring (bicyclic) bond motifs is 1. The van der Waals surface area contributed by atoms with Gasteiger partial charge in [0.1, 0.15) is 22.6 Å². The molecular formula is C24H34FN3O7. The lowest BCUT2D eigenvalue weighted by Gasteiger charge is -2.38. The first kappa shape index (κ1) is 27.9. The largest absolute Gasteiger partial charge is 0.443 e. The number of rotatable bonds is 1. The normalized spacial score (nSPS) is 18.0. The molecule has 1 aliphatic heterocycles. The molecule has 1 aromatic rings. The highest BCUT2D eigenvalue weighted by Gasteiger charge is 2.58. The van der Waals surface area contributed by atoms with Crippen LogP contribution in [0.25, 0.3) is 0 Å². The molecule has 4 amide bonds. The quantitative estimate of drug-likeness (QED) is 0.431. The molecule has 0 fully saturated rings. The molecule has 0 saturated heterocycles. The van der Waals surface area contributed by atoms with Crippen LogP contribution in [0, 0.1) is 5.82 Å². The lowest BCUT2D eigenvalue weighted by Crippen LogP contribution is -2.62. The van der Waals surface area contributed by atoms with Crippen LogP contribution in [0.3, 0.4) is 0 Å². The van der Waals surface area contributed by atoms with Gasteiger partial charge in [0.15, 0.2) is 5.54 Å². The number of nitrogens with one attached hydrogen (secondary N) is 1. The maximum atomic E-state index is 14.4. The Kier molecular flexibility index (Phi) is 7.18. The third kappa shape index (κ3) is 6.40. The highest BCUT2D eigenvalue weighted by molar-refractivity contribution is 6.21. The number of carbonyl (C=O) groups is 4. The third-order valence-electron chi connectivity index (χ3n) is 4.54. The smallest absolute Gasteiger partial charge is 0.430 e. The molecule has 2 rings (SSSR count). The minimum Gasteiger partial charge on any atom is -0.443 e. The van der Waals surface area contributed by atoms with Crippen molar-refractivity contribution in [3.63, 3.8) is 0 Å². The van der Waals surface area contributed by atoms with E-state index in [0.29, 0.717) is 9.91 Å². The number of benzene rings is 1. The summed E-state index contributed by atoms with van der Waals surface area (Å²) < 4.78 is 30.4. The van der Waals surface area contributed by atoms with Crippen molar-refractivity contribution in [2.24, 2.45) is 0 Å². The summed E-state index contributed by atoms with van der Waals surface area (Å²) in [4.78, 5) is 53.3. The van der Waals surface area contributed by atoms with Gasteiger partial charge >= 0.3 is 18.3 Å². The van der Waals surface area contributed by atoms with Crippen LogP contribution in [-0.2, 0) is 24.5 Å². The number of ether oxygens (including phenoxy) is 3. The second-order valence-electron chi connectivity index (χ2n) is 11.3. The predicted molar refractivity (Wildman–Crippen MR) is 125 cm³/mol. The molecule has 35 heavy (non-hydrogen) atoms. The molecule has 194 valence electrons. The monoisotopic (exact) mass is 495 g/mol. The predicted octanol–water partition coefficient (Wildman–Crippen LogP) is 5.00. The lowest BCUT2D eigenvalue weighted by molar-refractivity contribution is -0.130. The van der Waals surface area contributed by atoms with Gasteiger partial charge in [0.25, 0.3) is 5.91 Å². The fraction of sp³-hybridized carbons (Fsp3) is 0.583. The molecule has 1 aromatic carbocycles. The van der Waals surface area contributed by atoms with Gasteiger partial charge < -0.3 is 14.2 Å². The van der Waals surface area contributed by atoms with Gasteiger partial charge in [0, 0.05) is 5.56 Å². The number of hydrogen-bond acceptors (Lipinski definition) is 7. The third-order valence-corrected chi connectivity index (χ3v) is 4.54. The van der Waals surface area contributed by atoms with E-state index in [1.54, 1.807) is 62.3 Å². The molecule has 1 aliphatic rings. The number of anilines is 1. The molecule has 0 spiro atoms. The number of halogens is 1. The first-order valence-corrected chi connectivity index (χ1v) is 11.1. The van der Waals surface area contributed by atoms with Crippen molar-refractivity contribution in [1.29, 1.82) is 0 Å². The Morgan fingerprint density at radius 3 is 1.91 bits per heavy atom. The van der Waals surface area contributed by atoms with Crippen molar-refractivity contribution in [2.45, 2.75) is 91.6 Å². The Bertz CT molecular complexity index is 1040. The van der Waals surface area contributed by atoms with E-state index in [1.807, 2.05) is 0 Å². The molecular weight excluding hydrogens is 461 g/mol. The maximum absolute atomic E-state index is 14.4. The van der Waals surface area contributed by atoms with Crippen LogP contribution in [0.4, 0.5) is 24.5 Å². The summed E-state index contributed by atoms with van der Waals surface area (Å²) in [5, 5.41) is 0.608. The first-order valence-electron chi connectivity index (χ1n) is 11.1. The Balaban J connectivity index is 2.67. The molecule has 0 aliphatic carbocycles. The van der Waals surface area contributed by atoms with Crippen LogP contribution >= 0.6 is 0 Å². The highest BCUT2D eigenvalue weighted by atomic mass is 19.1. The van der Waals surface area contributed by atoms with Crippen LogP contribution in [0.15, 0.2) is 18.2 Å². The van der Waals surface area contributed by atoms with Crippen molar-refractivity contribution in [2.75, 3.05) is 4.90 Å². The summed E-state index contributed by atoms with van der Waals surface area (Å²) in [5.74, 6) is -1.69. The van der Waals surface area contributed by atoms with E-state index in [9.17, 15) is 23.6 Å². The van der Waals surface area contributed by atoms with Gasteiger partial charge in [-0.05, 0) is 87.4 Å². The van der Waals surface area contributed by atoms with Gasteiger partial charge in [-0.1, -0.05) is 0 Å². The van der Waals surface area contributed by atoms with Gasteiger partial charge in [-0.2, -0.15) is 5.01 Å². The Morgan fingerprint density at radius 1 is 0.914 bits per heavy atom. The summed E-state index contributed by atoms with van der Waals surface area (Å²) >= 11 is 0. The van der Waals surface area contributed by atoms with Crippen LogP contribution in [0.1, 0.15) is 74.8 Å². The van der Waals surface area contributed by atoms with Crippen molar-refractivity contribution in [1.82, 2.24) is 10.4 Å². The number of nitrogens with zero attached hydrogens (tertiary/aromatic N) is 2. The first-order chi connectivity index (χ1) is 15.7. The van der Waals surface area contributed by atoms with E-state index in [-0.39, 0.29) is 11.3 Å². The van der Waals surface area contributed by atoms with Crippen LogP contribution in [0.5, 0.6) is 0 Å². The van der Waals surface area contributed by atoms with Crippen LogP contribution in [-0.4, -0.2) is 46.0 Å². The van der Waals surface area contributed by atoms with Gasteiger partial charge in [-0.3, -0.25) is 4.79 Å². The second kappa shape index (κ2) is 9.01. The standard InChI is InChI=1S/C24H34FN3O7/c1-21(2,3)33-18(30)26-28(20(32)35-23(7,8)9)24(10)15-13-14(25)11-12-16(15)27(17(24)29)19(31)34-22(4,5)6/h11-13H,1-10H3,(H,26,30)/t24-/m1/s1. The number of hydrogen-bond donors (Lipinski definition) is 1.